The summed E-state index contributed by atoms with van der Waals surface area (Å²) in [5.41, 5.74) is 6.47. The van der Waals surface area contributed by atoms with Crippen LogP contribution in [0, 0.1) is 0 Å². The van der Waals surface area contributed by atoms with E-state index >= 15 is 0 Å². The third-order valence-electron chi connectivity index (χ3n) is 5.57. The number of thiophene rings is 1. The highest BCUT2D eigenvalue weighted by molar-refractivity contribution is 8.00. The zero-order chi connectivity index (χ0) is 26.4. The van der Waals surface area contributed by atoms with Crippen molar-refractivity contribution < 1.29 is 23.8 Å². The molecule has 2 amide bonds. The van der Waals surface area contributed by atoms with Gasteiger partial charge in [0.25, 0.3) is 11.8 Å². The van der Waals surface area contributed by atoms with Gasteiger partial charge in [-0.3, -0.25) is 19.3 Å². The van der Waals surface area contributed by atoms with E-state index in [0.29, 0.717) is 5.75 Å². The molecule has 3 aromatic rings. The topological polar surface area (TPSA) is 144 Å². The summed E-state index contributed by atoms with van der Waals surface area (Å²) < 4.78 is 7.07. The fraction of sp³-hybridized carbons (Fsp3) is 0.318. The summed E-state index contributed by atoms with van der Waals surface area (Å²) in [5.74, 6) is -0.610. The van der Waals surface area contributed by atoms with Gasteiger partial charge in [-0.25, -0.2) is 4.57 Å². The largest absolute Gasteiger partial charge is 0.392 e. The first-order valence-electron chi connectivity index (χ1n) is 11.1. The zero-order valence-corrected chi connectivity index (χ0v) is 23.2. The normalized spacial score (nSPS) is 19.8. The molecule has 0 unspecified atom stereocenters. The van der Waals surface area contributed by atoms with Crippen molar-refractivity contribution >= 4 is 90.7 Å². The van der Waals surface area contributed by atoms with Gasteiger partial charge in [-0.15, -0.1) is 23.1 Å². The molecule has 11 nitrogen and oxygen atoms in total. The molecule has 1 saturated heterocycles. The Hall–Kier alpha value is -3.01. The average molecular weight is 577 g/mol. The van der Waals surface area contributed by atoms with Crippen LogP contribution >= 0.6 is 47.3 Å². The molecular weight excluding hydrogens is 555 g/mol. The molecule has 3 N–H and O–H groups in total. The molecule has 15 heteroatoms. The average Bonchev–Trinajstić information content (AvgIpc) is 3.47. The van der Waals surface area contributed by atoms with Crippen LogP contribution in [0.15, 0.2) is 35.4 Å². The van der Waals surface area contributed by atoms with Crippen LogP contribution in [0.4, 0.5) is 5.13 Å². The number of carbonyl (C=O) groups excluding carboxylic acids is 3. The van der Waals surface area contributed by atoms with E-state index in [1.807, 2.05) is 36.1 Å². The number of pyridine rings is 1. The number of amides is 2. The molecule has 0 radical (unpaired) electrons. The van der Waals surface area contributed by atoms with E-state index in [1.54, 1.807) is 25.2 Å². The molecular formula is C22H22N7O4S4+. The minimum absolute atomic E-state index is 0.00662. The molecule has 0 aliphatic carbocycles. The van der Waals surface area contributed by atoms with Crippen LogP contribution in [0.5, 0.6) is 0 Å². The van der Waals surface area contributed by atoms with Crippen LogP contribution in [0.3, 0.4) is 0 Å². The van der Waals surface area contributed by atoms with Crippen molar-refractivity contribution in [3.8, 4) is 0 Å². The molecule has 3 aromatic heterocycles. The maximum absolute atomic E-state index is 13.2. The minimum atomic E-state index is -0.872. The van der Waals surface area contributed by atoms with Crippen LogP contribution in [-0.2, 0) is 26.3 Å². The van der Waals surface area contributed by atoms with Crippen LogP contribution in [0.2, 0.25) is 0 Å². The third kappa shape index (κ3) is 4.83. The predicted octanol–water partition coefficient (Wildman–Crippen LogP) is 1.56. The van der Waals surface area contributed by atoms with E-state index < -0.39 is 28.3 Å². The lowest BCUT2D eigenvalue weighted by molar-refractivity contribution is -0.670. The number of rotatable bonds is 7. The van der Waals surface area contributed by atoms with E-state index in [2.05, 4.69) is 32.5 Å². The Labute approximate surface area is 229 Å². The number of anilines is 1. The summed E-state index contributed by atoms with van der Waals surface area (Å²) in [6.45, 7) is 3.51. The van der Waals surface area contributed by atoms with Crippen molar-refractivity contribution in [2.45, 2.75) is 31.4 Å². The van der Waals surface area contributed by atoms with Gasteiger partial charge < -0.3 is 15.9 Å². The highest BCUT2D eigenvalue weighted by Crippen LogP contribution is 2.45. The number of aryl methyl sites for hydroxylation is 1. The van der Waals surface area contributed by atoms with E-state index in [0.717, 1.165) is 32.1 Å². The smallest absolute Gasteiger partial charge is 0.278 e. The second-order valence-corrected chi connectivity index (χ2v) is 12.0. The molecule has 0 spiro atoms. The molecule has 5 heterocycles. The van der Waals surface area contributed by atoms with Gasteiger partial charge in [0.1, 0.15) is 30.3 Å². The van der Waals surface area contributed by atoms with Crippen molar-refractivity contribution in [3.05, 3.63) is 40.9 Å². The molecule has 2 aliphatic rings. The van der Waals surface area contributed by atoms with Crippen LogP contribution in [0.1, 0.15) is 24.5 Å². The first kappa shape index (κ1) is 25.6. The van der Waals surface area contributed by atoms with E-state index in [1.165, 1.54) is 16.7 Å². The molecule has 1 fully saturated rings. The maximum Gasteiger partial charge on any atom is 0.278 e. The molecule has 2 atom stereocenters. The van der Waals surface area contributed by atoms with E-state index in [4.69, 9.17) is 10.6 Å². The van der Waals surface area contributed by atoms with Gasteiger partial charge in [0, 0.05) is 38.5 Å². The minimum Gasteiger partial charge on any atom is -0.392 e. The summed E-state index contributed by atoms with van der Waals surface area (Å²) >= 11 is 8.01. The highest BCUT2D eigenvalue weighted by atomic mass is 32.2. The third-order valence-corrected chi connectivity index (χ3v) is 8.78. The number of nitrogens with zero attached hydrogens (tertiary/aromatic N) is 5. The second-order valence-electron chi connectivity index (χ2n) is 8.58. The summed E-state index contributed by atoms with van der Waals surface area (Å²) in [7, 11) is 1.94. The van der Waals surface area contributed by atoms with Gasteiger partial charge in [0.2, 0.25) is 16.7 Å². The van der Waals surface area contributed by atoms with Gasteiger partial charge in [0.05, 0.1) is 5.39 Å². The number of aromatic nitrogens is 3. The number of oxime groups is 1. The van der Waals surface area contributed by atoms with Gasteiger partial charge >= 0.3 is 0 Å². The second kappa shape index (κ2) is 10.0. The number of thioether (sulfide) groups is 1. The molecule has 2 aliphatic heterocycles. The number of fused-ring (bicyclic) bond motifs is 2. The quantitative estimate of drug-likeness (QED) is 0.126. The lowest BCUT2D eigenvalue weighted by Gasteiger charge is -2.49. The standard InChI is InChI=1S/C22H21N7O4S4/c1-9(2)33-26-14(17-25-22(23)37-27-17)18(30)24-15-19(31)29-16(21(32)34)11(8-35-20(15)29)13-6-10-7-28(3)5-4-12(10)36-13/h4-7,9,15,20H,8H2,1-3H3,(H3-,23,24,25,27,30,32,34)/p+1/b26-14-/t15-,20-/m1/s1. The van der Waals surface area contributed by atoms with Crippen molar-refractivity contribution in [2.24, 2.45) is 12.2 Å². The number of carbonyl (C=O) groups is 3. The number of β-lactam (4-membered cyclic amide) rings is 1. The summed E-state index contributed by atoms with van der Waals surface area (Å²) in [4.78, 5) is 50.5. The molecule has 37 heavy (non-hydrogen) atoms. The molecule has 192 valence electrons. The summed E-state index contributed by atoms with van der Waals surface area (Å²) in [5, 5.41) is 6.83. The van der Waals surface area contributed by atoms with Gasteiger partial charge in [-0.1, -0.05) is 17.8 Å². The Balaban J connectivity index is 1.41. The Morgan fingerprint density at radius 2 is 2.19 bits per heavy atom. The molecule has 0 aromatic carbocycles. The van der Waals surface area contributed by atoms with Gasteiger partial charge in [0.15, 0.2) is 17.5 Å². The Morgan fingerprint density at radius 3 is 2.86 bits per heavy atom. The first-order valence-corrected chi connectivity index (χ1v) is 14.2. The fourth-order valence-corrected chi connectivity index (χ4v) is 7.14. The number of hydrogen-bond donors (Lipinski definition) is 3. The first-order chi connectivity index (χ1) is 17.6. The van der Waals surface area contributed by atoms with Crippen molar-refractivity contribution in [2.75, 3.05) is 11.5 Å². The van der Waals surface area contributed by atoms with Crippen molar-refractivity contribution in [1.29, 1.82) is 0 Å². The van der Waals surface area contributed by atoms with Gasteiger partial charge in [-0.2, -0.15) is 9.36 Å². The Bertz CT molecular complexity index is 1490. The molecule has 0 saturated carbocycles. The number of hydrogen-bond acceptors (Lipinski definition) is 11. The fourth-order valence-electron chi connectivity index (χ4n) is 3.94. The predicted molar refractivity (Wildman–Crippen MR) is 146 cm³/mol. The SMILES string of the molecule is CC(C)O/N=C(\C(=O)N[C@@H]1C(=O)N2C(C(=O)S)=C(c3cc4c[n+](C)ccc4s3)CS[C@H]12)c1nsc(N)n1. The van der Waals surface area contributed by atoms with E-state index in [-0.39, 0.29) is 28.5 Å². The lowest BCUT2D eigenvalue weighted by Crippen LogP contribution is -2.70. The summed E-state index contributed by atoms with van der Waals surface area (Å²) in [6.07, 6.45) is 3.67. The van der Waals surface area contributed by atoms with Crippen LogP contribution < -0.4 is 15.6 Å². The van der Waals surface area contributed by atoms with E-state index in [9.17, 15) is 14.4 Å². The van der Waals surface area contributed by atoms with Crippen LogP contribution in [0.25, 0.3) is 15.7 Å². The summed E-state index contributed by atoms with van der Waals surface area (Å²) in [6, 6.07) is 3.15. The number of thiol groups is 1. The Morgan fingerprint density at radius 1 is 1.41 bits per heavy atom. The molecule has 5 rings (SSSR count). The number of nitrogens with two attached hydrogens (primary N) is 1. The monoisotopic (exact) mass is 576 g/mol. The van der Waals surface area contributed by atoms with Crippen molar-refractivity contribution in [3.63, 3.8) is 0 Å². The highest BCUT2D eigenvalue weighted by Gasteiger charge is 2.54. The maximum atomic E-state index is 13.2. The number of nitrogens with one attached hydrogen (secondary N) is 1. The van der Waals surface area contributed by atoms with Crippen molar-refractivity contribution in [1.82, 2.24) is 19.6 Å². The van der Waals surface area contributed by atoms with Crippen LogP contribution in [-0.4, -0.2) is 60.2 Å². The lowest BCUT2D eigenvalue weighted by atomic mass is 10.0. The molecule has 0 bridgehead atoms. The zero-order valence-electron chi connectivity index (χ0n) is 19.9. The van der Waals surface area contributed by atoms with Gasteiger partial charge in [-0.05, 0) is 19.9 Å². The Kier molecular flexibility index (Phi) is 6.95. The number of nitrogen functional groups attached to an aromatic ring is 1.